The zero-order chi connectivity index (χ0) is 10.9. The van der Waals surface area contributed by atoms with Crippen LogP contribution in [0.3, 0.4) is 0 Å². The molecular formula is C13H17NS. The van der Waals surface area contributed by atoms with Crippen LogP contribution in [-0.2, 0) is 6.42 Å². The van der Waals surface area contributed by atoms with Gasteiger partial charge in [-0.2, -0.15) is 4.99 Å². The number of rotatable bonds is 6. The standard InChI is InChI=1S/C13H17NS/c1-2-3-4-5-6-12-7-9-13(10-8-12)14-11-15/h7-10H,2-6H2,1H3. The fraction of sp³-hybridized carbons (Fsp3) is 0.462. The van der Waals surface area contributed by atoms with Gasteiger partial charge in [-0.15, -0.1) is 0 Å². The lowest BCUT2D eigenvalue weighted by Gasteiger charge is -2.01. The van der Waals surface area contributed by atoms with Crippen LogP contribution in [0.4, 0.5) is 5.69 Å². The van der Waals surface area contributed by atoms with Crippen LogP contribution in [-0.4, -0.2) is 5.16 Å². The molecule has 0 saturated carbocycles. The summed E-state index contributed by atoms with van der Waals surface area (Å²) in [5.74, 6) is 0. The fourth-order valence-electron chi connectivity index (χ4n) is 1.55. The molecule has 0 bridgehead atoms. The number of isothiocyanates is 1. The summed E-state index contributed by atoms with van der Waals surface area (Å²) in [7, 11) is 0. The summed E-state index contributed by atoms with van der Waals surface area (Å²) in [6.45, 7) is 2.23. The van der Waals surface area contributed by atoms with Crippen molar-refractivity contribution in [2.45, 2.75) is 39.0 Å². The zero-order valence-electron chi connectivity index (χ0n) is 9.20. The lowest BCUT2D eigenvalue weighted by Crippen LogP contribution is -1.84. The van der Waals surface area contributed by atoms with Gasteiger partial charge in [0, 0.05) is 0 Å². The van der Waals surface area contributed by atoms with Crippen LogP contribution in [0.5, 0.6) is 0 Å². The third-order valence-corrected chi connectivity index (χ3v) is 2.52. The normalized spacial score (nSPS) is 9.67. The van der Waals surface area contributed by atoms with Crippen LogP contribution in [0.1, 0.15) is 38.2 Å². The van der Waals surface area contributed by atoms with E-state index in [1.54, 1.807) is 0 Å². The molecule has 1 rings (SSSR count). The van der Waals surface area contributed by atoms with E-state index in [0.29, 0.717) is 0 Å². The monoisotopic (exact) mass is 219 g/mol. The van der Waals surface area contributed by atoms with Gasteiger partial charge < -0.3 is 0 Å². The van der Waals surface area contributed by atoms with Gasteiger partial charge in [0.15, 0.2) is 0 Å². The molecule has 0 spiro atoms. The zero-order valence-corrected chi connectivity index (χ0v) is 10.0. The van der Waals surface area contributed by atoms with Gasteiger partial charge in [-0.1, -0.05) is 38.3 Å². The quantitative estimate of drug-likeness (QED) is 0.388. The van der Waals surface area contributed by atoms with Gasteiger partial charge >= 0.3 is 0 Å². The minimum Gasteiger partial charge on any atom is -0.195 e. The van der Waals surface area contributed by atoms with Gasteiger partial charge in [-0.3, -0.25) is 0 Å². The largest absolute Gasteiger partial charge is 0.195 e. The first kappa shape index (κ1) is 12.1. The molecule has 1 aromatic carbocycles. The number of aliphatic imine (C=N–C) groups is 1. The van der Waals surface area contributed by atoms with Crippen LogP contribution in [0.2, 0.25) is 0 Å². The van der Waals surface area contributed by atoms with E-state index in [4.69, 9.17) is 0 Å². The summed E-state index contributed by atoms with van der Waals surface area (Å²) in [6.07, 6.45) is 6.41. The highest BCUT2D eigenvalue weighted by Crippen LogP contribution is 2.14. The second-order valence-corrected chi connectivity index (χ2v) is 3.86. The molecule has 0 aliphatic rings. The Morgan fingerprint density at radius 3 is 2.47 bits per heavy atom. The topological polar surface area (TPSA) is 12.4 Å². The Hall–Kier alpha value is -0.980. The van der Waals surface area contributed by atoms with E-state index in [1.807, 2.05) is 12.1 Å². The average molecular weight is 219 g/mol. The van der Waals surface area contributed by atoms with Gasteiger partial charge in [0.05, 0.1) is 10.8 Å². The Morgan fingerprint density at radius 1 is 1.13 bits per heavy atom. The van der Waals surface area contributed by atoms with Gasteiger partial charge in [-0.25, -0.2) is 0 Å². The number of hydrogen-bond donors (Lipinski definition) is 0. The summed E-state index contributed by atoms with van der Waals surface area (Å²) in [4.78, 5) is 3.92. The molecule has 0 unspecified atom stereocenters. The predicted molar refractivity (Wildman–Crippen MR) is 69.0 cm³/mol. The van der Waals surface area contributed by atoms with Gasteiger partial charge in [0.25, 0.3) is 0 Å². The van der Waals surface area contributed by atoms with Crippen molar-refractivity contribution in [1.82, 2.24) is 0 Å². The molecule has 0 amide bonds. The molecule has 0 aromatic heterocycles. The van der Waals surface area contributed by atoms with E-state index in [9.17, 15) is 0 Å². The number of unbranched alkanes of at least 4 members (excludes halogenated alkanes) is 3. The van der Waals surface area contributed by atoms with Crippen molar-refractivity contribution >= 4 is 23.1 Å². The fourth-order valence-corrected chi connectivity index (χ4v) is 1.65. The maximum Gasteiger partial charge on any atom is 0.0739 e. The Morgan fingerprint density at radius 2 is 1.87 bits per heavy atom. The van der Waals surface area contributed by atoms with Crippen LogP contribution in [0, 0.1) is 0 Å². The van der Waals surface area contributed by atoms with E-state index in [0.717, 1.165) is 5.69 Å². The van der Waals surface area contributed by atoms with Crippen molar-refractivity contribution in [3.63, 3.8) is 0 Å². The van der Waals surface area contributed by atoms with Crippen LogP contribution >= 0.6 is 12.2 Å². The molecule has 0 fully saturated rings. The summed E-state index contributed by atoms with van der Waals surface area (Å²) in [6, 6.07) is 8.23. The number of nitrogens with zero attached hydrogens (tertiary/aromatic N) is 1. The van der Waals surface area contributed by atoms with Crippen molar-refractivity contribution in [1.29, 1.82) is 0 Å². The van der Waals surface area contributed by atoms with Crippen molar-refractivity contribution in [2.24, 2.45) is 4.99 Å². The Balaban J connectivity index is 2.39. The molecule has 0 radical (unpaired) electrons. The van der Waals surface area contributed by atoms with Crippen molar-refractivity contribution in [3.8, 4) is 0 Å². The number of hydrogen-bond acceptors (Lipinski definition) is 2. The molecule has 80 valence electrons. The second kappa shape index (κ2) is 7.33. The Labute approximate surface area is 97.2 Å². The molecule has 0 heterocycles. The van der Waals surface area contributed by atoms with E-state index in [2.05, 4.69) is 41.4 Å². The van der Waals surface area contributed by atoms with Crippen LogP contribution in [0.15, 0.2) is 29.3 Å². The minimum absolute atomic E-state index is 0.891. The van der Waals surface area contributed by atoms with Crippen LogP contribution in [0.25, 0.3) is 0 Å². The summed E-state index contributed by atoms with van der Waals surface area (Å²) >= 11 is 4.55. The SMILES string of the molecule is CCCCCCc1ccc(N=C=S)cc1. The summed E-state index contributed by atoms with van der Waals surface area (Å²) in [5, 5.41) is 2.37. The van der Waals surface area contributed by atoms with E-state index in [1.165, 1.54) is 37.7 Å². The first-order valence-corrected chi connectivity index (χ1v) is 5.94. The minimum atomic E-state index is 0.891. The lowest BCUT2D eigenvalue weighted by atomic mass is 10.1. The molecule has 0 atom stereocenters. The second-order valence-electron chi connectivity index (χ2n) is 3.68. The van der Waals surface area contributed by atoms with Crippen molar-refractivity contribution in [2.75, 3.05) is 0 Å². The first-order valence-electron chi connectivity index (χ1n) is 5.53. The van der Waals surface area contributed by atoms with Gasteiger partial charge in [-0.05, 0) is 42.8 Å². The highest BCUT2D eigenvalue weighted by Gasteiger charge is 1.93. The highest BCUT2D eigenvalue weighted by molar-refractivity contribution is 7.78. The maximum absolute atomic E-state index is 4.55. The van der Waals surface area contributed by atoms with Gasteiger partial charge in [0.2, 0.25) is 0 Å². The summed E-state index contributed by atoms with van der Waals surface area (Å²) < 4.78 is 0. The first-order chi connectivity index (χ1) is 7.36. The smallest absolute Gasteiger partial charge is 0.0739 e. The third-order valence-electron chi connectivity index (χ3n) is 2.43. The molecule has 0 N–H and O–H groups in total. The average Bonchev–Trinajstić information content (AvgIpc) is 2.27. The molecule has 1 nitrogen and oxygen atoms in total. The Kier molecular flexibility index (Phi) is 5.91. The molecule has 2 heteroatoms. The molecular weight excluding hydrogens is 202 g/mol. The van der Waals surface area contributed by atoms with Crippen molar-refractivity contribution in [3.05, 3.63) is 29.8 Å². The molecule has 0 saturated heterocycles. The van der Waals surface area contributed by atoms with E-state index >= 15 is 0 Å². The maximum atomic E-state index is 4.55. The number of aryl methyl sites for hydroxylation is 1. The Bertz CT molecular complexity index is 323. The van der Waals surface area contributed by atoms with E-state index < -0.39 is 0 Å². The lowest BCUT2D eigenvalue weighted by molar-refractivity contribution is 0.667. The van der Waals surface area contributed by atoms with E-state index in [-0.39, 0.29) is 0 Å². The predicted octanol–water partition coefficient (Wildman–Crippen LogP) is 4.54. The third kappa shape index (κ3) is 4.87. The summed E-state index contributed by atoms with van der Waals surface area (Å²) in [5.41, 5.74) is 2.27. The van der Waals surface area contributed by atoms with Gasteiger partial charge in [0.1, 0.15) is 0 Å². The molecule has 0 aliphatic carbocycles. The van der Waals surface area contributed by atoms with Crippen LogP contribution < -0.4 is 0 Å². The number of benzene rings is 1. The molecule has 15 heavy (non-hydrogen) atoms. The van der Waals surface area contributed by atoms with Crippen molar-refractivity contribution < 1.29 is 0 Å². The highest BCUT2D eigenvalue weighted by atomic mass is 32.1. The molecule has 1 aromatic rings. The molecule has 0 aliphatic heterocycles. The number of thiocarbonyl (C=S) groups is 1.